The van der Waals surface area contributed by atoms with E-state index in [0.29, 0.717) is 16.4 Å². The second-order valence-electron chi connectivity index (χ2n) is 4.74. The number of rotatable bonds is 3. The number of amides is 1. The van der Waals surface area contributed by atoms with Crippen LogP contribution in [0.3, 0.4) is 0 Å². The fourth-order valence-corrected chi connectivity index (χ4v) is 2.92. The minimum atomic E-state index is -3.73. The normalized spacial score (nSPS) is 17.1. The summed E-state index contributed by atoms with van der Waals surface area (Å²) in [6.45, 7) is 0. The van der Waals surface area contributed by atoms with Gasteiger partial charge in [0.2, 0.25) is 16.4 Å². The summed E-state index contributed by atoms with van der Waals surface area (Å²) in [6, 6.07) is 4.20. The molecule has 3 N–H and O–H groups in total. The van der Waals surface area contributed by atoms with Gasteiger partial charge in [0.05, 0.1) is 5.56 Å². The Labute approximate surface area is 152 Å². The molecule has 0 saturated carbocycles. The number of halogens is 4. The Hall–Kier alpha value is -2.01. The number of nitrogens with one attached hydrogen (secondary N) is 1. The summed E-state index contributed by atoms with van der Waals surface area (Å²) in [7, 11) is 0. The maximum atomic E-state index is 12.9. The van der Waals surface area contributed by atoms with Crippen LogP contribution in [0.15, 0.2) is 23.8 Å². The number of anilines is 1. The summed E-state index contributed by atoms with van der Waals surface area (Å²) < 4.78 is 31.0. The van der Waals surface area contributed by atoms with Crippen molar-refractivity contribution in [3.8, 4) is 5.75 Å². The average molecular weight is 410 g/mol. The van der Waals surface area contributed by atoms with Crippen LogP contribution in [0.1, 0.15) is 10.6 Å². The van der Waals surface area contributed by atoms with Gasteiger partial charge in [0, 0.05) is 5.02 Å². The Kier molecular flexibility index (Phi) is 4.54. The molecular formula is C13H7Cl2F2N3O4S. The number of nitrogens with zero attached hydrogens (tertiary/aromatic N) is 2. The predicted octanol–water partition coefficient (Wildman–Crippen LogP) is 3.10. The lowest BCUT2D eigenvalue weighted by Gasteiger charge is -2.24. The van der Waals surface area contributed by atoms with Gasteiger partial charge in [-0.05, 0) is 29.8 Å². The van der Waals surface area contributed by atoms with Gasteiger partial charge in [-0.3, -0.25) is 10.1 Å². The molecule has 1 aromatic heterocycles. The van der Waals surface area contributed by atoms with E-state index in [9.17, 15) is 23.8 Å². The van der Waals surface area contributed by atoms with Gasteiger partial charge < -0.3 is 14.9 Å². The predicted molar refractivity (Wildman–Crippen MR) is 85.9 cm³/mol. The number of carbonyl (C=O) groups excluding carboxylic acids is 1. The molecule has 2 heterocycles. The number of aliphatic hydroxyl groups is 2. The molecule has 0 fully saturated rings. The van der Waals surface area contributed by atoms with Crippen molar-refractivity contribution in [2.24, 2.45) is 0 Å². The lowest BCUT2D eigenvalue weighted by Crippen LogP contribution is -2.32. The Morgan fingerprint density at radius 1 is 1.40 bits per heavy atom. The number of fused-ring (bicyclic) bond motifs is 1. The average Bonchev–Trinajstić information content (AvgIpc) is 2.95. The zero-order valence-corrected chi connectivity index (χ0v) is 14.2. The van der Waals surface area contributed by atoms with Crippen LogP contribution in [0.25, 0.3) is 5.76 Å². The fourth-order valence-electron chi connectivity index (χ4n) is 2.00. The Morgan fingerprint density at radius 3 is 2.76 bits per heavy atom. The van der Waals surface area contributed by atoms with Gasteiger partial charge in [-0.15, -0.1) is 10.2 Å². The molecule has 0 aliphatic carbocycles. The fraction of sp³-hybridized carbons (Fsp3) is 0.154. The third kappa shape index (κ3) is 3.52. The third-order valence-electron chi connectivity index (χ3n) is 3.07. The molecule has 1 unspecified atom stereocenters. The maximum Gasteiger partial charge on any atom is 0.375 e. The summed E-state index contributed by atoms with van der Waals surface area (Å²) in [5.41, 5.74) is -0.394. The van der Waals surface area contributed by atoms with E-state index in [4.69, 9.17) is 27.9 Å². The number of ether oxygens (including phenoxy) is 1. The molecule has 12 heteroatoms. The highest BCUT2D eigenvalue weighted by Crippen LogP contribution is 2.37. The van der Waals surface area contributed by atoms with Gasteiger partial charge in [-0.2, -0.15) is 8.78 Å². The molecule has 0 saturated heterocycles. The van der Waals surface area contributed by atoms with Crippen molar-refractivity contribution in [2.75, 3.05) is 5.32 Å². The number of carbonyl (C=O) groups is 1. The topological polar surface area (TPSA) is 105 Å². The third-order valence-corrected chi connectivity index (χ3v) is 4.51. The molecule has 0 radical (unpaired) electrons. The van der Waals surface area contributed by atoms with Crippen LogP contribution < -0.4 is 10.1 Å². The first-order valence-electron chi connectivity index (χ1n) is 6.46. The summed E-state index contributed by atoms with van der Waals surface area (Å²) in [5.74, 6) is -1.48. The molecule has 3 rings (SSSR count). The smallest absolute Gasteiger partial charge is 0.375 e. The van der Waals surface area contributed by atoms with E-state index in [0.717, 1.165) is 0 Å². The number of aromatic nitrogens is 2. The van der Waals surface area contributed by atoms with Crippen molar-refractivity contribution in [3.05, 3.63) is 39.4 Å². The van der Waals surface area contributed by atoms with Gasteiger partial charge in [0.1, 0.15) is 17.1 Å². The van der Waals surface area contributed by atoms with E-state index >= 15 is 0 Å². The number of hydrogen-bond donors (Lipinski definition) is 3. The monoisotopic (exact) mass is 409 g/mol. The Morgan fingerprint density at radius 2 is 2.12 bits per heavy atom. The number of alkyl halides is 3. The van der Waals surface area contributed by atoms with E-state index in [1.54, 1.807) is 0 Å². The zero-order chi connectivity index (χ0) is 18.4. The highest BCUT2D eigenvalue weighted by Gasteiger charge is 2.35. The van der Waals surface area contributed by atoms with Gasteiger partial charge in [-0.1, -0.05) is 22.9 Å². The molecular weight excluding hydrogens is 403 g/mol. The number of aliphatic hydroxyl groups excluding tert-OH is 2. The van der Waals surface area contributed by atoms with Crippen molar-refractivity contribution in [2.45, 2.75) is 11.7 Å². The SMILES string of the molecule is O=C(Nc1nnc(C(F)(F)Cl)s1)C1=C(O)c2ccc(Cl)cc2OC1O. The number of benzene rings is 1. The van der Waals surface area contributed by atoms with Crippen molar-refractivity contribution in [1.82, 2.24) is 10.2 Å². The van der Waals surface area contributed by atoms with Crippen LogP contribution >= 0.6 is 34.5 Å². The van der Waals surface area contributed by atoms with Gasteiger partial charge in [0.15, 0.2) is 0 Å². The van der Waals surface area contributed by atoms with Crippen LogP contribution in [0.5, 0.6) is 5.75 Å². The molecule has 0 bridgehead atoms. The second-order valence-corrected chi connectivity index (χ2v) is 6.63. The molecule has 2 aromatic rings. The quantitative estimate of drug-likeness (QED) is 0.672. The van der Waals surface area contributed by atoms with E-state index in [2.05, 4.69) is 15.5 Å². The van der Waals surface area contributed by atoms with Crippen molar-refractivity contribution in [3.63, 3.8) is 0 Å². The molecule has 1 amide bonds. The van der Waals surface area contributed by atoms with Crippen LogP contribution in [0.4, 0.5) is 13.9 Å². The zero-order valence-electron chi connectivity index (χ0n) is 11.8. The molecule has 7 nitrogen and oxygen atoms in total. The first-order valence-corrected chi connectivity index (χ1v) is 8.04. The second kappa shape index (κ2) is 6.37. The van der Waals surface area contributed by atoms with E-state index in [1.807, 2.05) is 0 Å². The maximum absolute atomic E-state index is 12.9. The molecule has 25 heavy (non-hydrogen) atoms. The first kappa shape index (κ1) is 17.8. The molecule has 1 aromatic carbocycles. The van der Waals surface area contributed by atoms with Crippen LogP contribution in [0, 0.1) is 0 Å². The van der Waals surface area contributed by atoms with Crippen molar-refractivity contribution in [1.29, 1.82) is 0 Å². The minimum Gasteiger partial charge on any atom is -0.506 e. The van der Waals surface area contributed by atoms with Gasteiger partial charge in [0.25, 0.3) is 5.91 Å². The molecule has 132 valence electrons. The lowest BCUT2D eigenvalue weighted by molar-refractivity contribution is -0.116. The number of hydrogen-bond acceptors (Lipinski definition) is 7. The van der Waals surface area contributed by atoms with Crippen molar-refractivity contribution < 1.29 is 28.5 Å². The molecule has 1 aliphatic heterocycles. The van der Waals surface area contributed by atoms with E-state index < -0.39 is 33.9 Å². The molecule has 1 aliphatic rings. The molecule has 0 spiro atoms. The standard InChI is InChI=1S/C13H7Cl2F2N3O4S/c14-4-1-2-5-6(3-4)24-10(23)7(8(5)21)9(22)18-12-20-19-11(25-12)13(15,16)17/h1-3,10,21,23H,(H,18,20,22). The van der Waals surface area contributed by atoms with Crippen LogP contribution in [-0.2, 0) is 10.2 Å². The lowest BCUT2D eigenvalue weighted by atomic mass is 10.0. The van der Waals surface area contributed by atoms with Gasteiger partial charge >= 0.3 is 5.38 Å². The van der Waals surface area contributed by atoms with Crippen LogP contribution in [0.2, 0.25) is 5.02 Å². The Balaban J connectivity index is 1.89. The minimum absolute atomic E-state index is 0.0778. The van der Waals surface area contributed by atoms with Gasteiger partial charge in [-0.25, -0.2) is 0 Å². The largest absolute Gasteiger partial charge is 0.506 e. The highest BCUT2D eigenvalue weighted by atomic mass is 35.5. The first-order chi connectivity index (χ1) is 11.7. The van der Waals surface area contributed by atoms with E-state index in [-0.39, 0.29) is 16.4 Å². The summed E-state index contributed by atoms with van der Waals surface area (Å²) >= 11 is 10.9. The summed E-state index contributed by atoms with van der Waals surface area (Å²) in [6.07, 6.45) is -1.80. The highest BCUT2D eigenvalue weighted by molar-refractivity contribution is 7.15. The van der Waals surface area contributed by atoms with Crippen molar-refractivity contribution >= 4 is 51.3 Å². The summed E-state index contributed by atoms with van der Waals surface area (Å²) in [4.78, 5) is 12.2. The van der Waals surface area contributed by atoms with Crippen LogP contribution in [-0.4, -0.2) is 32.6 Å². The summed E-state index contributed by atoms with van der Waals surface area (Å²) in [5, 5.41) is 24.3. The Bertz CT molecular complexity index is 884. The molecule has 1 atom stereocenters. The van der Waals surface area contributed by atoms with E-state index in [1.165, 1.54) is 18.2 Å².